The van der Waals surface area contributed by atoms with Gasteiger partial charge in [0, 0.05) is 24.1 Å². The third-order valence-electron chi connectivity index (χ3n) is 3.02. The second-order valence-corrected chi connectivity index (χ2v) is 5.36. The number of hydrogen-bond donors (Lipinski definition) is 1. The predicted octanol–water partition coefficient (Wildman–Crippen LogP) is 2.40. The van der Waals surface area contributed by atoms with E-state index in [1.807, 2.05) is 11.7 Å². The van der Waals surface area contributed by atoms with Gasteiger partial charge in [-0.15, -0.1) is 11.3 Å². The Kier molecular flexibility index (Phi) is 4.75. The standard InChI is InChI=1S/C12H19NO2S/c14-10(7-12-8-13-9-16-12)4-5-11-3-1-2-6-15-11/h8-11,14H,1-7H2. The van der Waals surface area contributed by atoms with E-state index in [2.05, 4.69) is 4.98 Å². The Labute approximate surface area is 100 Å². The first-order valence-corrected chi connectivity index (χ1v) is 6.89. The van der Waals surface area contributed by atoms with Gasteiger partial charge in [0.05, 0.1) is 17.7 Å². The van der Waals surface area contributed by atoms with Crippen molar-refractivity contribution in [2.24, 2.45) is 0 Å². The van der Waals surface area contributed by atoms with Crippen molar-refractivity contribution < 1.29 is 9.84 Å². The molecule has 2 heterocycles. The van der Waals surface area contributed by atoms with Crippen LogP contribution in [0.2, 0.25) is 0 Å². The number of rotatable bonds is 5. The second-order valence-electron chi connectivity index (χ2n) is 4.39. The summed E-state index contributed by atoms with van der Waals surface area (Å²) in [5.41, 5.74) is 1.81. The molecule has 0 spiro atoms. The molecule has 1 N–H and O–H groups in total. The SMILES string of the molecule is OC(CCC1CCCCO1)Cc1cncs1. The number of nitrogens with zero attached hydrogens (tertiary/aromatic N) is 1. The van der Waals surface area contributed by atoms with Gasteiger partial charge in [-0.25, -0.2) is 0 Å². The average molecular weight is 241 g/mol. The van der Waals surface area contributed by atoms with Gasteiger partial charge in [0.15, 0.2) is 0 Å². The van der Waals surface area contributed by atoms with Gasteiger partial charge in [-0.2, -0.15) is 0 Å². The molecule has 3 nitrogen and oxygen atoms in total. The van der Waals surface area contributed by atoms with Crippen LogP contribution in [0.1, 0.15) is 37.0 Å². The van der Waals surface area contributed by atoms with Crippen LogP contribution >= 0.6 is 11.3 Å². The number of ether oxygens (including phenoxy) is 1. The fourth-order valence-electron chi connectivity index (χ4n) is 2.09. The Balaban J connectivity index is 1.65. The minimum atomic E-state index is -0.244. The number of hydrogen-bond acceptors (Lipinski definition) is 4. The van der Waals surface area contributed by atoms with Crippen LogP contribution in [0.3, 0.4) is 0 Å². The molecule has 0 aromatic carbocycles. The van der Waals surface area contributed by atoms with Gasteiger partial charge in [-0.1, -0.05) is 0 Å². The van der Waals surface area contributed by atoms with E-state index in [1.54, 1.807) is 11.3 Å². The zero-order valence-corrected chi connectivity index (χ0v) is 10.3. The van der Waals surface area contributed by atoms with E-state index in [4.69, 9.17) is 4.74 Å². The topological polar surface area (TPSA) is 42.4 Å². The van der Waals surface area contributed by atoms with Crippen LogP contribution in [0.25, 0.3) is 0 Å². The molecule has 90 valence electrons. The van der Waals surface area contributed by atoms with Crippen molar-refractivity contribution in [3.63, 3.8) is 0 Å². The molecule has 1 aliphatic heterocycles. The average Bonchev–Trinajstić information content (AvgIpc) is 2.81. The molecule has 0 radical (unpaired) electrons. The van der Waals surface area contributed by atoms with Crippen LogP contribution in [0.15, 0.2) is 11.7 Å². The van der Waals surface area contributed by atoms with E-state index in [9.17, 15) is 5.11 Å². The second kappa shape index (κ2) is 6.33. The summed E-state index contributed by atoms with van der Waals surface area (Å²) in [6.45, 7) is 0.898. The van der Waals surface area contributed by atoms with E-state index < -0.39 is 0 Å². The summed E-state index contributed by atoms with van der Waals surface area (Å²) in [6, 6.07) is 0. The maximum absolute atomic E-state index is 9.87. The molecule has 2 rings (SSSR count). The molecule has 1 saturated heterocycles. The Bertz CT molecular complexity index is 283. The van der Waals surface area contributed by atoms with Crippen LogP contribution in [0, 0.1) is 0 Å². The quantitative estimate of drug-likeness (QED) is 0.860. The molecule has 2 unspecified atom stereocenters. The minimum absolute atomic E-state index is 0.244. The maximum atomic E-state index is 9.87. The van der Waals surface area contributed by atoms with Crippen molar-refractivity contribution in [3.8, 4) is 0 Å². The molecular formula is C12H19NO2S. The fourth-order valence-corrected chi connectivity index (χ4v) is 2.76. The summed E-state index contributed by atoms with van der Waals surface area (Å²) in [6.07, 6.45) is 8.16. The number of aromatic nitrogens is 1. The molecule has 0 saturated carbocycles. The lowest BCUT2D eigenvalue weighted by Crippen LogP contribution is -2.21. The van der Waals surface area contributed by atoms with Crippen LogP contribution in [-0.4, -0.2) is 28.9 Å². The molecule has 0 bridgehead atoms. The van der Waals surface area contributed by atoms with Crippen molar-refractivity contribution in [1.29, 1.82) is 0 Å². The van der Waals surface area contributed by atoms with Crippen LogP contribution in [0.4, 0.5) is 0 Å². The molecule has 1 fully saturated rings. The van der Waals surface area contributed by atoms with E-state index >= 15 is 0 Å². The maximum Gasteiger partial charge on any atom is 0.0794 e. The van der Waals surface area contributed by atoms with Gasteiger partial charge in [0.2, 0.25) is 0 Å². The Morgan fingerprint density at radius 3 is 3.19 bits per heavy atom. The molecule has 0 aliphatic carbocycles. The molecule has 16 heavy (non-hydrogen) atoms. The molecule has 1 aromatic rings. The van der Waals surface area contributed by atoms with Crippen LogP contribution in [-0.2, 0) is 11.2 Å². The van der Waals surface area contributed by atoms with Gasteiger partial charge in [0.25, 0.3) is 0 Å². The van der Waals surface area contributed by atoms with Crippen molar-refractivity contribution in [2.45, 2.75) is 50.7 Å². The Hall–Kier alpha value is -0.450. The lowest BCUT2D eigenvalue weighted by Gasteiger charge is -2.23. The number of aliphatic hydroxyl groups excluding tert-OH is 1. The van der Waals surface area contributed by atoms with Gasteiger partial charge >= 0.3 is 0 Å². The Morgan fingerprint density at radius 2 is 2.50 bits per heavy atom. The van der Waals surface area contributed by atoms with Crippen molar-refractivity contribution in [2.75, 3.05) is 6.61 Å². The van der Waals surface area contributed by atoms with Gasteiger partial charge in [-0.05, 0) is 32.1 Å². The third kappa shape index (κ3) is 3.85. The van der Waals surface area contributed by atoms with E-state index in [1.165, 1.54) is 12.8 Å². The van der Waals surface area contributed by atoms with Crippen molar-refractivity contribution in [3.05, 3.63) is 16.6 Å². The molecule has 1 aliphatic rings. The zero-order chi connectivity index (χ0) is 11.2. The first-order chi connectivity index (χ1) is 7.84. The van der Waals surface area contributed by atoms with Crippen LogP contribution in [0.5, 0.6) is 0 Å². The van der Waals surface area contributed by atoms with Gasteiger partial charge in [-0.3, -0.25) is 4.98 Å². The smallest absolute Gasteiger partial charge is 0.0794 e. The highest BCUT2D eigenvalue weighted by atomic mass is 32.1. The highest BCUT2D eigenvalue weighted by Gasteiger charge is 2.16. The minimum Gasteiger partial charge on any atom is -0.393 e. The fraction of sp³-hybridized carbons (Fsp3) is 0.750. The lowest BCUT2D eigenvalue weighted by molar-refractivity contribution is 0.00239. The number of thiazole rings is 1. The molecule has 1 aromatic heterocycles. The Morgan fingerprint density at radius 1 is 1.56 bits per heavy atom. The summed E-state index contributed by atoms with van der Waals surface area (Å²) >= 11 is 1.61. The monoisotopic (exact) mass is 241 g/mol. The summed E-state index contributed by atoms with van der Waals surface area (Å²) < 4.78 is 5.64. The predicted molar refractivity (Wildman–Crippen MR) is 64.6 cm³/mol. The highest BCUT2D eigenvalue weighted by Crippen LogP contribution is 2.19. The summed E-state index contributed by atoms with van der Waals surface area (Å²) in [4.78, 5) is 5.17. The third-order valence-corrected chi connectivity index (χ3v) is 3.82. The summed E-state index contributed by atoms with van der Waals surface area (Å²) in [5, 5.41) is 9.87. The van der Waals surface area contributed by atoms with Crippen molar-refractivity contribution in [1.82, 2.24) is 4.98 Å². The van der Waals surface area contributed by atoms with E-state index in [0.717, 1.165) is 37.2 Å². The highest BCUT2D eigenvalue weighted by molar-refractivity contribution is 7.09. The molecule has 0 amide bonds. The largest absolute Gasteiger partial charge is 0.393 e. The van der Waals surface area contributed by atoms with E-state index in [-0.39, 0.29) is 6.10 Å². The molecule has 2 atom stereocenters. The zero-order valence-electron chi connectivity index (χ0n) is 9.47. The van der Waals surface area contributed by atoms with Crippen molar-refractivity contribution >= 4 is 11.3 Å². The normalized spacial score (nSPS) is 23.2. The first kappa shape index (κ1) is 12.0. The first-order valence-electron chi connectivity index (χ1n) is 6.01. The lowest BCUT2D eigenvalue weighted by atomic mass is 10.0. The summed E-state index contributed by atoms with van der Waals surface area (Å²) in [5.74, 6) is 0. The summed E-state index contributed by atoms with van der Waals surface area (Å²) in [7, 11) is 0. The van der Waals surface area contributed by atoms with Crippen LogP contribution < -0.4 is 0 Å². The molecule has 4 heteroatoms. The molecular weight excluding hydrogens is 222 g/mol. The van der Waals surface area contributed by atoms with E-state index in [0.29, 0.717) is 6.10 Å². The number of aliphatic hydroxyl groups is 1. The van der Waals surface area contributed by atoms with Gasteiger partial charge < -0.3 is 9.84 Å². The van der Waals surface area contributed by atoms with Gasteiger partial charge in [0.1, 0.15) is 0 Å².